The molecule has 6 heteroatoms. The molecule has 0 aliphatic rings. The highest BCUT2D eigenvalue weighted by atomic mass is 79.9. The van der Waals surface area contributed by atoms with E-state index in [4.69, 9.17) is 4.42 Å². The Morgan fingerprint density at radius 2 is 2.53 bits per heavy atom. The van der Waals surface area contributed by atoms with Crippen LogP contribution in [0.15, 0.2) is 26.6 Å². The van der Waals surface area contributed by atoms with Crippen LogP contribution in [0.5, 0.6) is 0 Å². The zero-order valence-corrected chi connectivity index (χ0v) is 10.5. The van der Waals surface area contributed by atoms with Crippen LogP contribution < -0.4 is 5.32 Å². The number of hydrogen-bond donors (Lipinski definition) is 1. The molecule has 1 atom stereocenters. The lowest BCUT2D eigenvalue weighted by Crippen LogP contribution is -2.22. The van der Waals surface area contributed by atoms with Gasteiger partial charge in [-0.05, 0) is 40.1 Å². The quantitative estimate of drug-likeness (QED) is 0.939. The van der Waals surface area contributed by atoms with E-state index in [-0.39, 0.29) is 6.04 Å². The molecule has 1 unspecified atom stereocenters. The molecule has 1 N–H and O–H groups in total. The standard InChI is InChI=1S/C9H10BrN3OS/c1-2-11-8(7-5-15-13-12-7)9-6(10)3-4-14-9/h3-5,8,11H,2H2,1H3. The average molecular weight is 288 g/mol. The Balaban J connectivity index is 2.32. The molecule has 0 aliphatic heterocycles. The van der Waals surface area contributed by atoms with Gasteiger partial charge in [-0.3, -0.25) is 0 Å². The summed E-state index contributed by atoms with van der Waals surface area (Å²) in [6.07, 6.45) is 1.66. The molecule has 0 aliphatic carbocycles. The maximum absolute atomic E-state index is 5.43. The van der Waals surface area contributed by atoms with E-state index in [1.807, 2.05) is 18.4 Å². The van der Waals surface area contributed by atoms with Crippen LogP contribution in [-0.4, -0.2) is 16.1 Å². The van der Waals surface area contributed by atoms with Gasteiger partial charge in [0.15, 0.2) is 0 Å². The lowest BCUT2D eigenvalue weighted by molar-refractivity contribution is 0.444. The van der Waals surface area contributed by atoms with Crippen LogP contribution in [0.25, 0.3) is 0 Å². The lowest BCUT2D eigenvalue weighted by Gasteiger charge is -2.12. The van der Waals surface area contributed by atoms with Crippen molar-refractivity contribution in [1.29, 1.82) is 0 Å². The van der Waals surface area contributed by atoms with Crippen molar-refractivity contribution in [1.82, 2.24) is 14.9 Å². The molecule has 4 nitrogen and oxygen atoms in total. The molecule has 2 aromatic heterocycles. The minimum Gasteiger partial charge on any atom is -0.466 e. The topological polar surface area (TPSA) is 51.0 Å². The Hall–Kier alpha value is -0.720. The van der Waals surface area contributed by atoms with E-state index in [0.717, 1.165) is 22.5 Å². The maximum atomic E-state index is 5.43. The molecule has 0 radical (unpaired) electrons. The first kappa shape index (κ1) is 10.8. The summed E-state index contributed by atoms with van der Waals surface area (Å²) in [5.74, 6) is 0.838. The van der Waals surface area contributed by atoms with Crippen molar-refractivity contribution in [3.8, 4) is 0 Å². The highest BCUT2D eigenvalue weighted by molar-refractivity contribution is 9.10. The van der Waals surface area contributed by atoms with Crippen molar-refractivity contribution in [2.45, 2.75) is 13.0 Å². The SMILES string of the molecule is CCNC(c1csnn1)c1occc1Br. The van der Waals surface area contributed by atoms with Crippen LogP contribution in [0.1, 0.15) is 24.4 Å². The number of furan rings is 1. The predicted octanol–water partition coefficient (Wildman–Crippen LogP) is 2.59. The first-order chi connectivity index (χ1) is 7.33. The van der Waals surface area contributed by atoms with Crippen molar-refractivity contribution >= 4 is 27.5 Å². The van der Waals surface area contributed by atoms with Gasteiger partial charge in [0, 0.05) is 5.38 Å². The largest absolute Gasteiger partial charge is 0.466 e. The highest BCUT2D eigenvalue weighted by Crippen LogP contribution is 2.28. The third-order valence-corrected chi connectivity index (χ3v) is 3.17. The van der Waals surface area contributed by atoms with Crippen LogP contribution in [0.3, 0.4) is 0 Å². The van der Waals surface area contributed by atoms with E-state index in [0.29, 0.717) is 0 Å². The van der Waals surface area contributed by atoms with E-state index in [2.05, 4.69) is 30.8 Å². The molecule has 2 rings (SSSR count). The monoisotopic (exact) mass is 287 g/mol. The number of aromatic nitrogens is 2. The van der Waals surface area contributed by atoms with Gasteiger partial charge in [0.1, 0.15) is 17.5 Å². The minimum absolute atomic E-state index is 0.0295. The fourth-order valence-corrected chi connectivity index (χ4v) is 2.25. The van der Waals surface area contributed by atoms with Gasteiger partial charge in [-0.1, -0.05) is 11.4 Å². The van der Waals surface area contributed by atoms with Gasteiger partial charge in [0.2, 0.25) is 0 Å². The van der Waals surface area contributed by atoms with Crippen LogP contribution in [0.4, 0.5) is 0 Å². The Kier molecular flexibility index (Phi) is 3.50. The average Bonchev–Trinajstić information content (AvgIpc) is 2.85. The van der Waals surface area contributed by atoms with E-state index < -0.39 is 0 Å². The van der Waals surface area contributed by atoms with Crippen molar-refractivity contribution in [2.75, 3.05) is 6.54 Å². The predicted molar refractivity (Wildman–Crippen MR) is 61.8 cm³/mol. The fraction of sp³-hybridized carbons (Fsp3) is 0.333. The molecule has 0 spiro atoms. The first-order valence-electron chi connectivity index (χ1n) is 4.56. The van der Waals surface area contributed by atoms with E-state index in [1.165, 1.54) is 11.5 Å². The summed E-state index contributed by atoms with van der Waals surface area (Å²) in [6, 6.07) is 1.84. The summed E-state index contributed by atoms with van der Waals surface area (Å²) in [7, 11) is 0. The highest BCUT2D eigenvalue weighted by Gasteiger charge is 2.21. The van der Waals surface area contributed by atoms with E-state index in [1.54, 1.807) is 6.26 Å². The van der Waals surface area contributed by atoms with Gasteiger partial charge in [-0.15, -0.1) is 5.10 Å². The molecular formula is C9H10BrN3OS. The zero-order valence-electron chi connectivity index (χ0n) is 8.11. The second-order valence-corrected chi connectivity index (χ2v) is 4.42. The Morgan fingerprint density at radius 1 is 1.67 bits per heavy atom. The normalized spacial score (nSPS) is 12.9. The molecular weight excluding hydrogens is 278 g/mol. The Morgan fingerprint density at radius 3 is 3.07 bits per heavy atom. The summed E-state index contributed by atoms with van der Waals surface area (Å²) >= 11 is 4.78. The summed E-state index contributed by atoms with van der Waals surface area (Å²) in [4.78, 5) is 0. The van der Waals surface area contributed by atoms with Crippen LogP contribution in [-0.2, 0) is 0 Å². The summed E-state index contributed by atoms with van der Waals surface area (Å²) in [5.41, 5.74) is 0.887. The smallest absolute Gasteiger partial charge is 0.141 e. The third-order valence-electron chi connectivity index (χ3n) is 1.99. The van der Waals surface area contributed by atoms with Crippen molar-refractivity contribution in [3.63, 3.8) is 0 Å². The number of nitrogens with zero attached hydrogens (tertiary/aromatic N) is 2. The molecule has 2 heterocycles. The van der Waals surface area contributed by atoms with Gasteiger partial charge < -0.3 is 9.73 Å². The van der Waals surface area contributed by atoms with Gasteiger partial charge in [-0.2, -0.15) is 0 Å². The zero-order chi connectivity index (χ0) is 10.7. The van der Waals surface area contributed by atoms with Crippen molar-refractivity contribution in [3.05, 3.63) is 33.6 Å². The summed E-state index contributed by atoms with van der Waals surface area (Å²) < 4.78 is 10.2. The van der Waals surface area contributed by atoms with Crippen LogP contribution in [0.2, 0.25) is 0 Å². The number of hydrogen-bond acceptors (Lipinski definition) is 5. The third kappa shape index (κ3) is 2.27. The molecule has 0 amide bonds. The van der Waals surface area contributed by atoms with Gasteiger partial charge in [0.25, 0.3) is 0 Å². The Bertz CT molecular complexity index is 415. The van der Waals surface area contributed by atoms with Crippen LogP contribution in [0, 0.1) is 0 Å². The van der Waals surface area contributed by atoms with E-state index >= 15 is 0 Å². The van der Waals surface area contributed by atoms with Crippen molar-refractivity contribution in [2.24, 2.45) is 0 Å². The van der Waals surface area contributed by atoms with Crippen molar-refractivity contribution < 1.29 is 4.42 Å². The minimum atomic E-state index is -0.0295. The summed E-state index contributed by atoms with van der Waals surface area (Å²) in [6.45, 7) is 2.89. The molecule has 15 heavy (non-hydrogen) atoms. The Labute approximate surface area is 100.0 Å². The number of nitrogens with one attached hydrogen (secondary N) is 1. The van der Waals surface area contributed by atoms with Gasteiger partial charge in [-0.25, -0.2) is 0 Å². The number of rotatable bonds is 4. The fourth-order valence-electron chi connectivity index (χ4n) is 1.34. The molecule has 80 valence electrons. The second-order valence-electron chi connectivity index (χ2n) is 2.95. The molecule has 0 bridgehead atoms. The molecule has 0 saturated carbocycles. The van der Waals surface area contributed by atoms with Gasteiger partial charge >= 0.3 is 0 Å². The number of halogens is 1. The molecule has 2 aromatic rings. The molecule has 0 aromatic carbocycles. The second kappa shape index (κ2) is 4.87. The van der Waals surface area contributed by atoms with Crippen LogP contribution >= 0.6 is 27.5 Å². The molecule has 0 fully saturated rings. The first-order valence-corrected chi connectivity index (χ1v) is 6.19. The van der Waals surface area contributed by atoms with Gasteiger partial charge in [0.05, 0.1) is 10.7 Å². The maximum Gasteiger partial charge on any atom is 0.141 e. The lowest BCUT2D eigenvalue weighted by atomic mass is 10.2. The molecule has 0 saturated heterocycles. The van der Waals surface area contributed by atoms with E-state index in [9.17, 15) is 0 Å². The summed E-state index contributed by atoms with van der Waals surface area (Å²) in [5, 5.41) is 9.29.